The van der Waals surface area contributed by atoms with Gasteiger partial charge < -0.3 is 0 Å². The molecule has 0 fully saturated rings. The van der Waals surface area contributed by atoms with E-state index >= 15 is 0 Å². The molecule has 0 aliphatic heterocycles. The molecule has 1 rings (SSSR count). The van der Waals surface area contributed by atoms with Crippen LogP contribution < -0.4 is 11.3 Å². The Morgan fingerprint density at radius 1 is 1.60 bits per heavy atom. The summed E-state index contributed by atoms with van der Waals surface area (Å²) in [4.78, 5) is 0. The van der Waals surface area contributed by atoms with Crippen LogP contribution in [0.5, 0.6) is 0 Å². The number of nitrogens with zero attached hydrogens (tertiary/aromatic N) is 3. The molecule has 1 heterocycles. The van der Waals surface area contributed by atoms with Gasteiger partial charge in [0.05, 0.1) is 5.69 Å². The number of aromatic nitrogens is 3. The molecule has 86 valence electrons. The highest BCUT2D eigenvalue weighted by molar-refractivity contribution is 7.99. The van der Waals surface area contributed by atoms with E-state index in [-0.39, 0.29) is 6.04 Å². The highest BCUT2D eigenvalue weighted by Crippen LogP contribution is 2.12. The van der Waals surface area contributed by atoms with E-state index in [9.17, 15) is 0 Å². The molecule has 0 aromatic carbocycles. The van der Waals surface area contributed by atoms with Gasteiger partial charge in [-0.25, -0.2) is 0 Å². The zero-order valence-corrected chi connectivity index (χ0v) is 10.3. The smallest absolute Gasteiger partial charge is 0.0843 e. The van der Waals surface area contributed by atoms with Gasteiger partial charge in [0.2, 0.25) is 0 Å². The Labute approximate surface area is 94.8 Å². The Morgan fingerprint density at radius 2 is 2.33 bits per heavy atom. The van der Waals surface area contributed by atoms with Crippen molar-refractivity contribution in [3.05, 3.63) is 11.9 Å². The molecular weight excluding hydrogens is 210 g/mol. The van der Waals surface area contributed by atoms with Crippen LogP contribution in [0.4, 0.5) is 0 Å². The van der Waals surface area contributed by atoms with Crippen LogP contribution >= 0.6 is 11.8 Å². The van der Waals surface area contributed by atoms with Gasteiger partial charge in [0.25, 0.3) is 0 Å². The maximum absolute atomic E-state index is 5.50. The third kappa shape index (κ3) is 4.63. The second kappa shape index (κ2) is 6.09. The molecule has 6 heteroatoms. The topological polar surface area (TPSA) is 68.8 Å². The number of hydrogen-bond acceptors (Lipinski definition) is 5. The molecule has 1 atom stereocenters. The summed E-state index contributed by atoms with van der Waals surface area (Å²) in [6, 6.07) is 0.258. The average molecular weight is 229 g/mol. The zero-order chi connectivity index (χ0) is 11.3. The first-order chi connectivity index (χ1) is 7.11. The highest BCUT2D eigenvalue weighted by Gasteiger charge is 2.11. The highest BCUT2D eigenvalue weighted by atomic mass is 32.2. The minimum absolute atomic E-state index is 0.258. The molecule has 0 radical (unpaired) electrons. The molecule has 1 aromatic rings. The first-order valence-corrected chi connectivity index (χ1v) is 6.09. The molecule has 0 saturated carbocycles. The van der Waals surface area contributed by atoms with E-state index in [4.69, 9.17) is 5.84 Å². The van der Waals surface area contributed by atoms with Crippen LogP contribution in [-0.4, -0.2) is 32.0 Å². The number of hydrogen-bond donors (Lipinski definition) is 2. The van der Waals surface area contributed by atoms with Crippen molar-refractivity contribution in [2.75, 3.05) is 5.75 Å². The van der Waals surface area contributed by atoms with E-state index in [0.717, 1.165) is 17.9 Å². The molecule has 0 saturated heterocycles. The number of rotatable bonds is 6. The Bertz CT molecular complexity index is 286. The third-order valence-electron chi connectivity index (χ3n) is 1.97. The summed E-state index contributed by atoms with van der Waals surface area (Å²) < 4.78 is 1.71. The number of aryl methyl sites for hydroxylation is 1. The van der Waals surface area contributed by atoms with Gasteiger partial charge in [0.1, 0.15) is 0 Å². The van der Waals surface area contributed by atoms with E-state index < -0.39 is 0 Å². The minimum atomic E-state index is 0.258. The van der Waals surface area contributed by atoms with Crippen molar-refractivity contribution in [1.82, 2.24) is 20.4 Å². The summed E-state index contributed by atoms with van der Waals surface area (Å²) in [5, 5.41) is 8.56. The van der Waals surface area contributed by atoms with Gasteiger partial charge in [-0.1, -0.05) is 19.1 Å². The average Bonchev–Trinajstić information content (AvgIpc) is 2.58. The summed E-state index contributed by atoms with van der Waals surface area (Å²) in [5.74, 6) is 6.49. The fraction of sp³-hybridized carbons (Fsp3) is 0.778. The summed E-state index contributed by atoms with van der Waals surface area (Å²) in [6.45, 7) is 4.36. The molecule has 0 aliphatic carbocycles. The quantitative estimate of drug-likeness (QED) is 0.543. The summed E-state index contributed by atoms with van der Waals surface area (Å²) in [7, 11) is 1.87. The number of hydrazine groups is 1. The van der Waals surface area contributed by atoms with E-state index in [1.165, 1.54) is 0 Å². The van der Waals surface area contributed by atoms with Gasteiger partial charge in [-0.15, -0.1) is 5.10 Å². The Morgan fingerprint density at radius 3 is 2.80 bits per heavy atom. The SMILES string of the molecule is CC(C)SCC(Cc1cn(C)nn1)NN. The van der Waals surface area contributed by atoms with E-state index in [0.29, 0.717) is 5.25 Å². The van der Waals surface area contributed by atoms with E-state index in [1.54, 1.807) is 4.68 Å². The summed E-state index contributed by atoms with van der Waals surface area (Å²) in [5.41, 5.74) is 3.79. The van der Waals surface area contributed by atoms with E-state index in [1.807, 2.05) is 25.0 Å². The maximum atomic E-state index is 5.50. The lowest BCUT2D eigenvalue weighted by Gasteiger charge is -2.15. The molecule has 0 spiro atoms. The van der Waals surface area contributed by atoms with Crippen molar-refractivity contribution in [1.29, 1.82) is 0 Å². The fourth-order valence-electron chi connectivity index (χ4n) is 1.22. The van der Waals surface area contributed by atoms with Crippen LogP contribution in [0.1, 0.15) is 19.5 Å². The van der Waals surface area contributed by atoms with Crippen molar-refractivity contribution in [2.45, 2.75) is 31.6 Å². The lowest BCUT2D eigenvalue weighted by Crippen LogP contribution is -2.39. The van der Waals surface area contributed by atoms with Gasteiger partial charge in [-0.3, -0.25) is 16.0 Å². The predicted molar refractivity (Wildman–Crippen MR) is 63.4 cm³/mol. The van der Waals surface area contributed by atoms with Gasteiger partial charge >= 0.3 is 0 Å². The zero-order valence-electron chi connectivity index (χ0n) is 9.47. The standard InChI is InChI=1S/C9H19N5S/c1-7(2)15-6-9(11-10)4-8-5-14(3)13-12-8/h5,7,9,11H,4,6,10H2,1-3H3. The first kappa shape index (κ1) is 12.5. The third-order valence-corrected chi connectivity index (χ3v) is 3.23. The summed E-state index contributed by atoms with van der Waals surface area (Å²) >= 11 is 1.89. The van der Waals surface area contributed by atoms with Crippen LogP contribution in [0.2, 0.25) is 0 Å². The largest absolute Gasteiger partial charge is 0.271 e. The predicted octanol–water partition coefficient (Wildman–Crippen LogP) is 0.331. The normalized spacial score (nSPS) is 13.4. The van der Waals surface area contributed by atoms with Crippen molar-refractivity contribution >= 4 is 11.8 Å². The van der Waals surface area contributed by atoms with Crippen molar-refractivity contribution < 1.29 is 0 Å². The van der Waals surface area contributed by atoms with E-state index in [2.05, 4.69) is 29.6 Å². The minimum Gasteiger partial charge on any atom is -0.271 e. The molecule has 1 aromatic heterocycles. The molecule has 5 nitrogen and oxygen atoms in total. The first-order valence-electron chi connectivity index (χ1n) is 5.04. The monoisotopic (exact) mass is 229 g/mol. The molecule has 15 heavy (non-hydrogen) atoms. The lowest BCUT2D eigenvalue weighted by atomic mass is 10.2. The molecule has 0 amide bonds. The van der Waals surface area contributed by atoms with Gasteiger partial charge in [-0.05, 0) is 5.25 Å². The number of thioether (sulfide) groups is 1. The lowest BCUT2D eigenvalue weighted by molar-refractivity contribution is 0.568. The molecule has 1 unspecified atom stereocenters. The van der Waals surface area contributed by atoms with Crippen LogP contribution in [0.3, 0.4) is 0 Å². The van der Waals surface area contributed by atoms with Crippen LogP contribution in [0.25, 0.3) is 0 Å². The molecule has 3 N–H and O–H groups in total. The van der Waals surface area contributed by atoms with Gasteiger partial charge in [0.15, 0.2) is 0 Å². The Balaban J connectivity index is 2.39. The second-order valence-corrected chi connectivity index (χ2v) is 5.44. The molecule has 0 bridgehead atoms. The second-order valence-electron chi connectivity index (χ2n) is 3.83. The Hall–Kier alpha value is -0.590. The fourth-order valence-corrected chi connectivity index (χ4v) is 2.05. The van der Waals surface area contributed by atoms with Crippen LogP contribution in [0, 0.1) is 0 Å². The Kier molecular flexibility index (Phi) is 5.07. The maximum Gasteiger partial charge on any atom is 0.0843 e. The summed E-state index contributed by atoms with van der Waals surface area (Å²) in [6.07, 6.45) is 2.74. The number of nitrogens with one attached hydrogen (secondary N) is 1. The van der Waals surface area contributed by atoms with Crippen molar-refractivity contribution in [3.63, 3.8) is 0 Å². The van der Waals surface area contributed by atoms with Gasteiger partial charge in [-0.2, -0.15) is 11.8 Å². The van der Waals surface area contributed by atoms with Crippen molar-refractivity contribution in [2.24, 2.45) is 12.9 Å². The molecular formula is C9H19N5S. The van der Waals surface area contributed by atoms with Gasteiger partial charge in [0, 0.05) is 31.5 Å². The van der Waals surface area contributed by atoms with Crippen LogP contribution in [-0.2, 0) is 13.5 Å². The van der Waals surface area contributed by atoms with Crippen molar-refractivity contribution in [3.8, 4) is 0 Å². The molecule has 0 aliphatic rings. The van der Waals surface area contributed by atoms with Crippen LogP contribution in [0.15, 0.2) is 6.20 Å². The number of nitrogens with two attached hydrogens (primary N) is 1.